The Morgan fingerprint density at radius 2 is 0.562 bits per heavy atom. The first kappa shape index (κ1) is 72.9. The molecule has 3 aromatic rings. The van der Waals surface area contributed by atoms with E-state index in [2.05, 4.69) is 51.0 Å². The summed E-state index contributed by atoms with van der Waals surface area (Å²) >= 11 is 0. The second kappa shape index (κ2) is 84.9. The largest absolute Gasteiger partial charge is 0.483 e. The third-order valence-electron chi connectivity index (χ3n) is 7.64. The van der Waals surface area contributed by atoms with Crippen molar-refractivity contribution >= 4 is 38.3 Å². The zero-order valence-corrected chi connectivity index (χ0v) is 40.3. The minimum atomic E-state index is -0.879. The van der Waals surface area contributed by atoms with Crippen LogP contribution in [-0.2, 0) is 33.4 Å². The van der Waals surface area contributed by atoms with Crippen LogP contribution in [0.2, 0.25) is 0 Å². The SMILES string of the molecule is CCCCCCC.CCCCCCC.CCCCCCCOC=O.CCCCCCCOC=O.O=C(O)c1ccccc1.O=CO.O=CO.O=CO.c1ccccc1.c1ccccc1. The first-order chi connectivity index (χ1) is 31.2. The van der Waals surface area contributed by atoms with Crippen LogP contribution in [0.3, 0.4) is 0 Å². The van der Waals surface area contributed by atoms with Crippen LogP contribution < -0.4 is 0 Å². The molecular weight excluding hydrogens is 817 g/mol. The highest BCUT2D eigenvalue weighted by Gasteiger charge is 1.96. The van der Waals surface area contributed by atoms with Crippen LogP contribution in [0.4, 0.5) is 0 Å². The molecule has 0 aromatic heterocycles. The van der Waals surface area contributed by atoms with Crippen molar-refractivity contribution in [1.82, 2.24) is 0 Å². The number of carboxylic acid groups (broad SMARTS) is 4. The first-order valence-electron chi connectivity index (χ1n) is 22.8. The molecule has 3 rings (SSSR count). The monoisotopic (exact) mass is 905 g/mol. The molecular formula is C52H88O12. The van der Waals surface area contributed by atoms with Gasteiger partial charge in [0.15, 0.2) is 0 Å². The lowest BCUT2D eigenvalue weighted by atomic mass is 10.2. The number of aromatic carboxylic acids is 1. The van der Waals surface area contributed by atoms with Crippen LogP contribution in [0, 0.1) is 0 Å². The Hall–Kier alpha value is -5.52. The Morgan fingerprint density at radius 3 is 0.734 bits per heavy atom. The molecule has 0 unspecified atom stereocenters. The third-order valence-corrected chi connectivity index (χ3v) is 7.64. The van der Waals surface area contributed by atoms with Crippen molar-refractivity contribution in [2.24, 2.45) is 0 Å². The topological polar surface area (TPSA) is 202 Å². The number of rotatable bonds is 23. The highest BCUT2D eigenvalue weighted by molar-refractivity contribution is 5.87. The number of carbonyl (C=O) groups is 6. The summed E-state index contributed by atoms with van der Waals surface area (Å²) in [5.74, 6) is -0.879. The van der Waals surface area contributed by atoms with Crippen molar-refractivity contribution < 1.29 is 58.7 Å². The number of ether oxygens (including phenoxy) is 2. The average Bonchev–Trinajstić information content (AvgIpc) is 3.33. The molecule has 0 aliphatic carbocycles. The van der Waals surface area contributed by atoms with Gasteiger partial charge in [-0.25, -0.2) is 4.79 Å². The molecule has 0 aliphatic rings. The molecule has 0 aliphatic heterocycles. The molecule has 368 valence electrons. The quantitative estimate of drug-likeness (QED) is 0.0519. The zero-order valence-electron chi connectivity index (χ0n) is 40.3. The summed E-state index contributed by atoms with van der Waals surface area (Å²) in [6.45, 7) is 14.8. The standard InChI is InChI=1S/2C8H16O2.C7H6O2.2C7H16.2C6H6.3CH2O2/c2*1-2-3-4-5-6-7-10-8-9;8-7(9)6-4-2-1-3-5-6;2*1-3-5-7-6-4-2;2*1-2-4-6-5-3-1;3*2-1-3/h2*8H,2-7H2,1H3;1-5H,(H,8,9);2*3-7H2,1-2H3;2*1-6H;3*1H,(H,2,3). The third kappa shape index (κ3) is 106. The van der Waals surface area contributed by atoms with Gasteiger partial charge in [0.2, 0.25) is 0 Å². The second-order valence-electron chi connectivity index (χ2n) is 13.2. The van der Waals surface area contributed by atoms with Crippen molar-refractivity contribution in [3.05, 3.63) is 109 Å². The van der Waals surface area contributed by atoms with Crippen LogP contribution in [0.15, 0.2) is 103 Å². The predicted molar refractivity (Wildman–Crippen MR) is 263 cm³/mol. The molecule has 0 atom stereocenters. The molecule has 64 heavy (non-hydrogen) atoms. The van der Waals surface area contributed by atoms with E-state index in [-0.39, 0.29) is 19.4 Å². The van der Waals surface area contributed by atoms with E-state index in [1.165, 1.54) is 116 Å². The Morgan fingerprint density at radius 1 is 0.375 bits per heavy atom. The van der Waals surface area contributed by atoms with E-state index < -0.39 is 5.97 Å². The number of carboxylic acids is 1. The molecule has 0 fully saturated rings. The van der Waals surface area contributed by atoms with Gasteiger partial charge < -0.3 is 29.9 Å². The lowest BCUT2D eigenvalue weighted by Crippen LogP contribution is -1.93. The molecule has 12 heteroatoms. The molecule has 0 radical (unpaired) electrons. The van der Waals surface area contributed by atoms with Crippen LogP contribution >= 0.6 is 0 Å². The van der Waals surface area contributed by atoms with Gasteiger partial charge in [-0.05, 0) is 25.0 Å². The van der Waals surface area contributed by atoms with Crippen LogP contribution in [0.5, 0.6) is 0 Å². The maximum absolute atomic E-state index is 10.2. The summed E-state index contributed by atoms with van der Waals surface area (Å²) < 4.78 is 9.07. The summed E-state index contributed by atoms with van der Waals surface area (Å²) in [5, 5.41) is 29.1. The molecule has 0 bridgehead atoms. The van der Waals surface area contributed by atoms with Gasteiger partial charge in [0, 0.05) is 0 Å². The summed E-state index contributed by atoms with van der Waals surface area (Å²) in [7, 11) is 0. The van der Waals surface area contributed by atoms with Crippen molar-refractivity contribution in [2.75, 3.05) is 13.2 Å². The molecule has 12 nitrogen and oxygen atoms in total. The fraction of sp³-hybridized carbons (Fsp3) is 0.538. The summed E-state index contributed by atoms with van der Waals surface area (Å²) in [4.78, 5) is 54.6. The van der Waals surface area contributed by atoms with Gasteiger partial charge in [-0.1, -0.05) is 248 Å². The second-order valence-corrected chi connectivity index (χ2v) is 13.2. The van der Waals surface area contributed by atoms with Crippen molar-refractivity contribution in [1.29, 1.82) is 0 Å². The lowest BCUT2D eigenvalue weighted by Gasteiger charge is -1.97. The molecule has 0 amide bonds. The van der Waals surface area contributed by atoms with Crippen molar-refractivity contribution in [3.8, 4) is 0 Å². The normalized spacial score (nSPS) is 8.28. The molecule has 0 saturated heterocycles. The fourth-order valence-corrected chi connectivity index (χ4v) is 4.38. The fourth-order valence-electron chi connectivity index (χ4n) is 4.38. The smallest absolute Gasteiger partial charge is 0.335 e. The number of unbranched alkanes of at least 4 members (excludes halogenated alkanes) is 16. The maximum Gasteiger partial charge on any atom is 0.335 e. The Labute approximate surface area is 387 Å². The number of hydrogen-bond donors (Lipinski definition) is 4. The first-order valence-corrected chi connectivity index (χ1v) is 22.8. The van der Waals surface area contributed by atoms with Gasteiger partial charge in [0.05, 0.1) is 18.8 Å². The lowest BCUT2D eigenvalue weighted by molar-refractivity contribution is -0.129. The highest BCUT2D eigenvalue weighted by Crippen LogP contribution is 2.03. The van der Waals surface area contributed by atoms with E-state index >= 15 is 0 Å². The number of hydrogen-bond acceptors (Lipinski definition) is 8. The van der Waals surface area contributed by atoms with E-state index in [1.54, 1.807) is 30.3 Å². The summed E-state index contributed by atoms with van der Waals surface area (Å²) in [6, 6.07) is 32.3. The number of benzene rings is 3. The maximum atomic E-state index is 10.2. The zero-order chi connectivity index (χ0) is 49.7. The Bertz CT molecular complexity index is 1060. The molecule has 3 aromatic carbocycles. The number of carbonyl (C=O) groups excluding carboxylic acids is 2. The van der Waals surface area contributed by atoms with Gasteiger partial charge in [-0.3, -0.25) is 24.0 Å². The van der Waals surface area contributed by atoms with Gasteiger partial charge >= 0.3 is 5.97 Å². The van der Waals surface area contributed by atoms with E-state index in [1.807, 2.05) is 72.8 Å². The minimum absolute atomic E-state index is 0.250. The van der Waals surface area contributed by atoms with Crippen LogP contribution in [-0.4, -0.2) is 72.0 Å². The Balaban J connectivity index is -0.000000115. The van der Waals surface area contributed by atoms with Gasteiger partial charge in [-0.15, -0.1) is 0 Å². The van der Waals surface area contributed by atoms with Gasteiger partial charge in [-0.2, -0.15) is 0 Å². The van der Waals surface area contributed by atoms with Gasteiger partial charge in [0.25, 0.3) is 32.4 Å². The van der Waals surface area contributed by atoms with E-state index in [9.17, 15) is 14.4 Å². The van der Waals surface area contributed by atoms with E-state index in [0.29, 0.717) is 31.7 Å². The summed E-state index contributed by atoms with van der Waals surface area (Å²) in [6.07, 6.45) is 26.0. The van der Waals surface area contributed by atoms with E-state index in [0.717, 1.165) is 12.8 Å². The molecule has 0 saturated carbocycles. The molecule has 0 spiro atoms. The van der Waals surface area contributed by atoms with E-state index in [4.69, 9.17) is 34.8 Å². The minimum Gasteiger partial charge on any atom is -0.483 e. The van der Waals surface area contributed by atoms with Gasteiger partial charge in [0.1, 0.15) is 0 Å². The van der Waals surface area contributed by atoms with Crippen LogP contribution in [0.25, 0.3) is 0 Å². The molecule has 0 heterocycles. The summed E-state index contributed by atoms with van der Waals surface area (Å²) in [5.41, 5.74) is 0.331. The molecule has 4 N–H and O–H groups in total. The Kier molecular flexibility index (Phi) is 96.7. The predicted octanol–water partition coefficient (Wildman–Crippen LogP) is 14.1. The highest BCUT2D eigenvalue weighted by atomic mass is 16.5. The van der Waals surface area contributed by atoms with Crippen LogP contribution in [0.1, 0.15) is 180 Å². The average molecular weight is 905 g/mol. The van der Waals surface area contributed by atoms with Crippen molar-refractivity contribution in [2.45, 2.75) is 170 Å². The van der Waals surface area contributed by atoms with Crippen molar-refractivity contribution in [3.63, 3.8) is 0 Å².